The van der Waals surface area contributed by atoms with Crippen LogP contribution in [0.15, 0.2) is 0 Å². The third kappa shape index (κ3) is 17.4. The number of carbonyl (C=O) groups excluding carboxylic acids is 4. The van der Waals surface area contributed by atoms with Gasteiger partial charge in [-0.1, -0.05) is 0 Å². The van der Waals surface area contributed by atoms with Crippen LogP contribution in [-0.4, -0.2) is 76.6 Å². The van der Waals surface area contributed by atoms with Crippen LogP contribution in [0.3, 0.4) is 0 Å². The summed E-state index contributed by atoms with van der Waals surface area (Å²) >= 11 is 0. The summed E-state index contributed by atoms with van der Waals surface area (Å²) in [6.45, 7) is 1.99. The number of carbonyl (C=O) groups is 4. The second-order valence-corrected chi connectivity index (χ2v) is 8.74. The van der Waals surface area contributed by atoms with Crippen LogP contribution in [0.4, 0.5) is 4.79 Å². The molecular formula is C14H40N6O11Si. The van der Waals surface area contributed by atoms with Gasteiger partial charge in [0, 0.05) is 52.1 Å². The number of quaternary nitrogens is 4. The van der Waals surface area contributed by atoms with E-state index in [9.17, 15) is 39.6 Å². The van der Waals surface area contributed by atoms with Gasteiger partial charge in [0.05, 0.1) is 11.6 Å². The van der Waals surface area contributed by atoms with Crippen molar-refractivity contribution in [3.05, 3.63) is 0 Å². The highest BCUT2D eigenvalue weighted by molar-refractivity contribution is 6.94. The summed E-state index contributed by atoms with van der Waals surface area (Å²) in [5, 5.41) is 52.9. The first kappa shape index (κ1) is 43.6. The Bertz CT molecular complexity index is 521. The minimum Gasteiger partial charge on any atom is -0.550 e. The molecule has 0 atom stereocenters. The zero-order valence-corrected chi connectivity index (χ0v) is 20.6. The zero-order valence-electron chi connectivity index (χ0n) is 19.6. The molecule has 0 radical (unpaired) electrons. The first-order chi connectivity index (χ1) is 12.9. The standard InChI is InChI=1S/C8H20N2O4Si.C6H8O7.4H3N/c1-13-15(14-2,8(11)12)7-3-5-10-6-4-9;7-3(8)1-6(13,5(11)12)2-4(9)10;;;;/h10H,3-7,9H2,1-2H3,(H,11,12);13H,1-2H2,(H,7,8)(H,9,10)(H,11,12);4*1H3. The fourth-order valence-electron chi connectivity index (χ4n) is 1.91. The summed E-state index contributed by atoms with van der Waals surface area (Å²) in [7, 11) is -0.455. The van der Waals surface area contributed by atoms with Crippen molar-refractivity contribution in [3.8, 4) is 0 Å². The second kappa shape index (κ2) is 21.9. The van der Waals surface area contributed by atoms with Crippen molar-refractivity contribution < 1.29 is 53.6 Å². The molecular weight excluding hydrogens is 456 g/mol. The summed E-state index contributed by atoms with van der Waals surface area (Å²) < 4.78 is 9.91. The van der Waals surface area contributed by atoms with Crippen LogP contribution in [0.5, 0.6) is 0 Å². The molecule has 0 saturated carbocycles. The van der Waals surface area contributed by atoms with Crippen molar-refractivity contribution in [2.75, 3.05) is 33.9 Å². The Kier molecular flexibility index (Phi) is 29.9. The van der Waals surface area contributed by atoms with Gasteiger partial charge in [0.25, 0.3) is 0 Å². The fourth-order valence-corrected chi connectivity index (χ4v) is 3.67. The summed E-state index contributed by atoms with van der Waals surface area (Å²) in [4.78, 5) is 40.9. The summed E-state index contributed by atoms with van der Waals surface area (Å²) in [5.41, 5.74) is 1.10. The Morgan fingerprint density at radius 2 is 1.31 bits per heavy atom. The van der Waals surface area contributed by atoms with Crippen molar-refractivity contribution in [1.29, 1.82) is 0 Å². The van der Waals surface area contributed by atoms with E-state index >= 15 is 0 Å². The summed E-state index contributed by atoms with van der Waals surface area (Å²) in [5.74, 6) is -5.98. The van der Waals surface area contributed by atoms with Gasteiger partial charge in [0.1, 0.15) is 5.60 Å². The Labute approximate surface area is 186 Å². The van der Waals surface area contributed by atoms with Gasteiger partial charge in [-0.2, -0.15) is 0 Å². The number of rotatable bonds is 14. The number of hydrogen-bond acceptors (Lipinski definition) is 13. The molecule has 20 N–H and O–H groups in total. The van der Waals surface area contributed by atoms with E-state index in [4.69, 9.17) is 19.7 Å². The second-order valence-electron chi connectivity index (χ2n) is 5.51. The lowest BCUT2D eigenvalue weighted by molar-refractivity contribution is -0.339. The number of carboxylic acid groups (broad SMARTS) is 4. The molecule has 0 unspecified atom stereocenters. The predicted octanol–water partition coefficient (Wildman–Crippen LogP) is -5.16. The lowest BCUT2D eigenvalue weighted by Crippen LogP contribution is -2.56. The number of aliphatic carboxylic acids is 3. The monoisotopic (exact) mass is 496 g/mol. The van der Waals surface area contributed by atoms with E-state index < -0.39 is 50.5 Å². The van der Waals surface area contributed by atoms with Gasteiger partial charge < -0.3 is 89.2 Å². The summed E-state index contributed by atoms with van der Waals surface area (Å²) in [6.07, 6.45) is -2.05. The zero-order chi connectivity index (χ0) is 22.4. The van der Waals surface area contributed by atoms with Crippen LogP contribution in [0.2, 0.25) is 6.04 Å². The van der Waals surface area contributed by atoms with Crippen LogP contribution in [0.1, 0.15) is 19.3 Å². The fraction of sp³-hybridized carbons (Fsp3) is 0.714. The van der Waals surface area contributed by atoms with Gasteiger partial charge >= 0.3 is 8.56 Å². The quantitative estimate of drug-likeness (QED) is 0.0873. The Balaban J connectivity index is -0.0000000946. The molecule has 0 rings (SSSR count). The maximum Gasteiger partial charge on any atom is 0.387 e. The molecule has 0 aromatic heterocycles. The van der Waals surface area contributed by atoms with Crippen molar-refractivity contribution in [1.82, 2.24) is 29.9 Å². The third-order valence-corrected chi connectivity index (χ3v) is 6.36. The number of aliphatic hydroxyl groups is 1. The first-order valence-corrected chi connectivity index (χ1v) is 9.99. The smallest absolute Gasteiger partial charge is 0.387 e. The molecule has 0 amide bonds. The Hall–Kier alpha value is -2.26. The van der Waals surface area contributed by atoms with E-state index in [1.165, 1.54) is 14.2 Å². The molecule has 0 saturated heterocycles. The first-order valence-electron chi connectivity index (χ1n) is 7.96. The van der Waals surface area contributed by atoms with Gasteiger partial charge in [0.2, 0.25) is 0 Å². The molecule has 196 valence electrons. The van der Waals surface area contributed by atoms with Crippen LogP contribution in [0.25, 0.3) is 0 Å². The molecule has 0 heterocycles. The molecule has 0 aliphatic carbocycles. The van der Waals surface area contributed by atoms with Gasteiger partial charge in [-0.25, -0.2) is 0 Å². The molecule has 0 aromatic carbocycles. The topological polar surface area (TPSA) is 383 Å². The molecule has 0 aliphatic heterocycles. The van der Waals surface area contributed by atoms with E-state index in [0.717, 1.165) is 6.54 Å². The van der Waals surface area contributed by atoms with Crippen LogP contribution < -0.4 is 56.1 Å². The third-order valence-electron chi connectivity index (χ3n) is 3.40. The van der Waals surface area contributed by atoms with E-state index in [0.29, 0.717) is 25.6 Å². The van der Waals surface area contributed by atoms with Crippen molar-refractivity contribution in [2.45, 2.75) is 30.9 Å². The van der Waals surface area contributed by atoms with E-state index in [1.807, 2.05) is 0 Å². The highest BCUT2D eigenvalue weighted by atomic mass is 28.4. The number of nitrogens with one attached hydrogen (secondary N) is 1. The average Bonchev–Trinajstić information content (AvgIpc) is 2.57. The lowest BCUT2D eigenvalue weighted by Gasteiger charge is -2.29. The lowest BCUT2D eigenvalue weighted by atomic mass is 9.96. The molecule has 0 fully saturated rings. The van der Waals surface area contributed by atoms with E-state index in [-0.39, 0.29) is 24.6 Å². The number of nitrogens with two attached hydrogens (primary N) is 1. The predicted molar refractivity (Wildman–Crippen MR) is 110 cm³/mol. The Morgan fingerprint density at radius 1 is 0.906 bits per heavy atom. The largest absolute Gasteiger partial charge is 0.550 e. The number of carboxylic acids is 3. The number of hydrogen-bond donors (Lipinski definition) is 7. The van der Waals surface area contributed by atoms with Gasteiger partial charge in [0.15, 0.2) is 0 Å². The molecule has 0 bridgehead atoms. The van der Waals surface area contributed by atoms with E-state index in [1.54, 1.807) is 0 Å². The van der Waals surface area contributed by atoms with Crippen molar-refractivity contribution in [2.24, 2.45) is 5.73 Å². The molecule has 0 aliphatic rings. The van der Waals surface area contributed by atoms with E-state index in [2.05, 4.69) is 5.32 Å². The minimum absolute atomic E-state index is 0. The highest BCUT2D eigenvalue weighted by Crippen LogP contribution is 2.14. The molecule has 0 spiro atoms. The van der Waals surface area contributed by atoms with Gasteiger partial charge in [-0.05, 0) is 19.0 Å². The Morgan fingerprint density at radius 3 is 1.56 bits per heavy atom. The highest BCUT2D eigenvalue weighted by Gasteiger charge is 2.37. The maximum absolute atomic E-state index is 10.9. The normalized spacial score (nSPS) is 9.88. The molecule has 0 aromatic rings. The molecule has 18 heteroatoms. The molecule has 17 nitrogen and oxygen atoms in total. The van der Waals surface area contributed by atoms with Crippen LogP contribution in [0, 0.1) is 0 Å². The van der Waals surface area contributed by atoms with Crippen molar-refractivity contribution >= 4 is 32.1 Å². The maximum atomic E-state index is 10.9. The average molecular weight is 497 g/mol. The van der Waals surface area contributed by atoms with Gasteiger partial charge in [-0.15, -0.1) is 0 Å². The van der Waals surface area contributed by atoms with Gasteiger partial charge in [-0.3, -0.25) is 0 Å². The SMILES string of the molecule is CO[Si](CCCNCCN)(OC)C(=O)[O-].O=C([O-])CC(O)(CC(=O)[O-])C(=O)[O-].[NH4+].[NH4+].[NH4+].[NH4+]. The molecule has 32 heavy (non-hydrogen) atoms. The summed E-state index contributed by atoms with van der Waals surface area (Å²) in [6, 6.07) is 0.375. The van der Waals surface area contributed by atoms with Crippen molar-refractivity contribution in [3.63, 3.8) is 0 Å². The van der Waals surface area contributed by atoms with Crippen LogP contribution >= 0.6 is 0 Å². The minimum atomic E-state index is -3.15. The van der Waals surface area contributed by atoms with Crippen LogP contribution in [-0.2, 0) is 23.2 Å².